The van der Waals surface area contributed by atoms with Crippen LogP contribution in [-0.2, 0) is 6.54 Å². The first-order valence-electron chi connectivity index (χ1n) is 8.63. The number of hydrogen-bond acceptors (Lipinski definition) is 3. The van der Waals surface area contributed by atoms with Crippen molar-refractivity contribution in [2.45, 2.75) is 38.3 Å². The van der Waals surface area contributed by atoms with Crippen molar-refractivity contribution in [1.29, 1.82) is 0 Å². The number of hydrogen-bond donors (Lipinski definition) is 1. The normalized spacial score (nSPS) is 32.7. The second-order valence-corrected chi connectivity index (χ2v) is 8.24. The third-order valence-corrected chi connectivity index (χ3v) is 6.51. The molecule has 3 nitrogen and oxygen atoms in total. The van der Waals surface area contributed by atoms with E-state index in [0.717, 1.165) is 47.5 Å². The van der Waals surface area contributed by atoms with Gasteiger partial charge in [-0.25, -0.2) is 0 Å². The second-order valence-electron chi connectivity index (χ2n) is 7.33. The van der Waals surface area contributed by atoms with E-state index in [1.54, 1.807) is 6.07 Å². The molecule has 0 amide bonds. The zero-order chi connectivity index (χ0) is 15.1. The van der Waals surface area contributed by atoms with Gasteiger partial charge in [0.15, 0.2) is 0 Å². The molecule has 120 valence electrons. The molecule has 1 N–H and O–H groups in total. The maximum absolute atomic E-state index is 10.0. The maximum Gasteiger partial charge on any atom is 0.120 e. The molecule has 3 atom stereocenters. The molecule has 0 aromatic heterocycles. The third-order valence-electron chi connectivity index (χ3n) is 6.01. The van der Waals surface area contributed by atoms with Crippen LogP contribution in [0.3, 0.4) is 0 Å². The minimum absolute atomic E-state index is 0.415. The van der Waals surface area contributed by atoms with Gasteiger partial charge in [-0.2, -0.15) is 0 Å². The lowest BCUT2D eigenvalue weighted by Gasteiger charge is -2.41. The molecule has 3 fully saturated rings. The van der Waals surface area contributed by atoms with Gasteiger partial charge >= 0.3 is 0 Å². The summed E-state index contributed by atoms with van der Waals surface area (Å²) < 4.78 is 1.04. The van der Waals surface area contributed by atoms with E-state index in [2.05, 4.69) is 25.7 Å². The minimum Gasteiger partial charge on any atom is -0.508 e. The van der Waals surface area contributed by atoms with Crippen LogP contribution < -0.4 is 0 Å². The zero-order valence-corrected chi connectivity index (χ0v) is 14.6. The molecule has 0 unspecified atom stereocenters. The molecule has 2 aliphatic carbocycles. The predicted octanol–water partition coefficient (Wildman–Crippen LogP) is 3.46. The fourth-order valence-electron chi connectivity index (χ4n) is 4.83. The van der Waals surface area contributed by atoms with Crippen LogP contribution in [0.5, 0.6) is 5.75 Å². The van der Waals surface area contributed by atoms with Crippen molar-refractivity contribution in [2.24, 2.45) is 11.8 Å². The molecule has 0 spiro atoms. The van der Waals surface area contributed by atoms with E-state index in [1.807, 2.05) is 12.1 Å². The Hall–Kier alpha value is -0.580. The smallest absolute Gasteiger partial charge is 0.120 e. The Bertz CT molecular complexity index is 542. The summed E-state index contributed by atoms with van der Waals surface area (Å²) in [6.07, 6.45) is 5.92. The highest BCUT2D eigenvalue weighted by atomic mass is 79.9. The Morgan fingerprint density at radius 3 is 2.59 bits per heavy atom. The van der Waals surface area contributed by atoms with Crippen LogP contribution in [0, 0.1) is 11.8 Å². The number of aromatic hydroxyl groups is 1. The van der Waals surface area contributed by atoms with E-state index in [1.165, 1.54) is 38.8 Å². The Labute approximate surface area is 141 Å². The summed E-state index contributed by atoms with van der Waals surface area (Å²) >= 11 is 3.50. The van der Waals surface area contributed by atoms with E-state index in [4.69, 9.17) is 0 Å². The highest BCUT2D eigenvalue weighted by Crippen LogP contribution is 2.46. The van der Waals surface area contributed by atoms with Gasteiger partial charge < -0.3 is 5.11 Å². The number of piperazine rings is 1. The lowest BCUT2D eigenvalue weighted by Crippen LogP contribution is -2.51. The van der Waals surface area contributed by atoms with Crippen molar-refractivity contribution in [3.8, 4) is 5.75 Å². The Balaban J connectivity index is 1.33. The third kappa shape index (κ3) is 2.93. The average Bonchev–Trinajstić information content (AvgIpc) is 3.15. The van der Waals surface area contributed by atoms with Crippen LogP contribution in [0.4, 0.5) is 0 Å². The molecule has 4 heteroatoms. The fraction of sp³-hybridized carbons (Fsp3) is 0.667. The van der Waals surface area contributed by atoms with Gasteiger partial charge in [-0.3, -0.25) is 9.80 Å². The van der Waals surface area contributed by atoms with Crippen LogP contribution in [-0.4, -0.2) is 47.1 Å². The Morgan fingerprint density at radius 2 is 1.91 bits per heavy atom. The van der Waals surface area contributed by atoms with Gasteiger partial charge in [0.2, 0.25) is 0 Å². The van der Waals surface area contributed by atoms with Crippen LogP contribution in [0.1, 0.15) is 31.2 Å². The number of phenolic OH excluding ortho intramolecular Hbond substituents is 1. The van der Waals surface area contributed by atoms with Crippen LogP contribution in [0.2, 0.25) is 0 Å². The van der Waals surface area contributed by atoms with E-state index in [0.29, 0.717) is 5.75 Å². The van der Waals surface area contributed by atoms with Crippen molar-refractivity contribution in [1.82, 2.24) is 9.80 Å². The number of halogens is 1. The van der Waals surface area contributed by atoms with Crippen molar-refractivity contribution < 1.29 is 5.11 Å². The summed E-state index contributed by atoms with van der Waals surface area (Å²) in [6, 6.07) is 6.59. The van der Waals surface area contributed by atoms with E-state index >= 15 is 0 Å². The van der Waals surface area contributed by atoms with E-state index in [9.17, 15) is 5.11 Å². The lowest BCUT2D eigenvalue weighted by molar-refractivity contribution is 0.0676. The zero-order valence-electron chi connectivity index (χ0n) is 13.0. The summed E-state index contributed by atoms with van der Waals surface area (Å²) in [5, 5.41) is 10.0. The summed E-state index contributed by atoms with van der Waals surface area (Å²) in [5.74, 6) is 2.44. The fourth-order valence-corrected chi connectivity index (χ4v) is 5.24. The molecular formula is C18H25BrN2O. The van der Waals surface area contributed by atoms with Crippen molar-refractivity contribution in [3.05, 3.63) is 28.2 Å². The van der Waals surface area contributed by atoms with Gasteiger partial charge in [-0.15, -0.1) is 0 Å². The molecule has 1 heterocycles. The first kappa shape index (κ1) is 15.0. The first-order valence-corrected chi connectivity index (χ1v) is 9.42. The standard InChI is InChI=1S/C18H25BrN2O/c19-16-3-4-18(22)15(11-16)12-20-5-7-21(8-6-20)17-10-13-1-2-14(17)9-13/h3-4,11,13-14,17,22H,1-2,5-10,12H2/t13-,14-,17+/m0/s1. The van der Waals surface area contributed by atoms with Crippen LogP contribution in [0.25, 0.3) is 0 Å². The highest BCUT2D eigenvalue weighted by molar-refractivity contribution is 9.10. The Kier molecular flexibility index (Phi) is 4.18. The molecule has 1 aliphatic heterocycles. The molecule has 0 radical (unpaired) electrons. The van der Waals surface area contributed by atoms with Gasteiger partial charge in [0.1, 0.15) is 5.75 Å². The summed E-state index contributed by atoms with van der Waals surface area (Å²) in [4.78, 5) is 5.23. The summed E-state index contributed by atoms with van der Waals surface area (Å²) in [6.45, 7) is 5.50. The van der Waals surface area contributed by atoms with Crippen molar-refractivity contribution >= 4 is 15.9 Å². The Morgan fingerprint density at radius 1 is 1.09 bits per heavy atom. The molecule has 1 saturated heterocycles. The van der Waals surface area contributed by atoms with Gasteiger partial charge in [-0.05, 0) is 49.3 Å². The average molecular weight is 365 g/mol. The van der Waals surface area contributed by atoms with Gasteiger partial charge in [0, 0.05) is 48.8 Å². The predicted molar refractivity (Wildman–Crippen MR) is 91.9 cm³/mol. The number of fused-ring (bicyclic) bond motifs is 2. The maximum atomic E-state index is 10.0. The molecule has 4 rings (SSSR count). The number of rotatable bonds is 3. The van der Waals surface area contributed by atoms with Crippen LogP contribution in [0.15, 0.2) is 22.7 Å². The SMILES string of the molecule is Oc1ccc(Br)cc1CN1CCN([C@@H]2C[C@H]3CC[C@H]2C3)CC1. The number of benzene rings is 1. The number of nitrogens with zero attached hydrogens (tertiary/aromatic N) is 2. The van der Waals surface area contributed by atoms with E-state index in [-0.39, 0.29) is 0 Å². The molecule has 1 aromatic rings. The quantitative estimate of drug-likeness (QED) is 0.889. The second kappa shape index (κ2) is 6.14. The van der Waals surface area contributed by atoms with Gasteiger partial charge in [0.05, 0.1) is 0 Å². The molecule has 3 aliphatic rings. The molecule has 2 saturated carbocycles. The monoisotopic (exact) mass is 364 g/mol. The van der Waals surface area contributed by atoms with Gasteiger partial charge in [0.25, 0.3) is 0 Å². The van der Waals surface area contributed by atoms with Crippen molar-refractivity contribution in [3.63, 3.8) is 0 Å². The minimum atomic E-state index is 0.415. The van der Waals surface area contributed by atoms with E-state index < -0.39 is 0 Å². The molecule has 1 aromatic carbocycles. The summed E-state index contributed by atoms with van der Waals surface area (Å²) in [5.41, 5.74) is 1.03. The van der Waals surface area contributed by atoms with Crippen molar-refractivity contribution in [2.75, 3.05) is 26.2 Å². The van der Waals surface area contributed by atoms with Gasteiger partial charge in [-0.1, -0.05) is 22.4 Å². The molecular weight excluding hydrogens is 340 g/mol. The highest BCUT2D eigenvalue weighted by Gasteiger charge is 2.42. The van der Waals surface area contributed by atoms with Crippen LogP contribution >= 0.6 is 15.9 Å². The topological polar surface area (TPSA) is 26.7 Å². The largest absolute Gasteiger partial charge is 0.508 e. The lowest BCUT2D eigenvalue weighted by atomic mass is 9.93. The molecule has 22 heavy (non-hydrogen) atoms. The number of phenols is 1. The summed E-state index contributed by atoms with van der Waals surface area (Å²) in [7, 11) is 0. The molecule has 2 bridgehead atoms. The first-order chi connectivity index (χ1) is 10.7.